The molecule has 1 aromatic carbocycles. The summed E-state index contributed by atoms with van der Waals surface area (Å²) in [5.74, 6) is 0.0716. The maximum absolute atomic E-state index is 12.4. The maximum atomic E-state index is 12.4. The van der Waals surface area contributed by atoms with Gasteiger partial charge in [-0.3, -0.25) is 9.59 Å². The van der Waals surface area contributed by atoms with E-state index in [0.29, 0.717) is 24.9 Å². The zero-order chi connectivity index (χ0) is 15.4. The molecule has 1 heterocycles. The number of carbonyl (C=O) groups is 1. The van der Waals surface area contributed by atoms with Gasteiger partial charge in [-0.15, -0.1) is 0 Å². The quantitative estimate of drug-likeness (QED) is 0.902. The molecule has 5 heteroatoms. The number of hydrogen-bond donors (Lipinski definition) is 1. The molecule has 0 atom stereocenters. The van der Waals surface area contributed by atoms with Crippen LogP contribution in [0.2, 0.25) is 0 Å². The normalized spacial score (nSPS) is 10.8. The van der Waals surface area contributed by atoms with Crippen molar-refractivity contribution in [3.63, 3.8) is 0 Å². The van der Waals surface area contributed by atoms with E-state index in [9.17, 15) is 9.59 Å². The molecule has 112 valence electrons. The largest absolute Gasteiger partial charge is 0.349 e. The predicted octanol–water partition coefficient (Wildman–Crippen LogP) is 1.33. The Kier molecular flexibility index (Phi) is 4.75. The van der Waals surface area contributed by atoms with Crippen LogP contribution in [-0.4, -0.2) is 29.5 Å². The number of fused-ring (bicyclic) bond motifs is 1. The summed E-state index contributed by atoms with van der Waals surface area (Å²) in [7, 11) is 3.47. The molecule has 0 fully saturated rings. The van der Waals surface area contributed by atoms with Crippen molar-refractivity contribution in [2.75, 3.05) is 14.1 Å². The summed E-state index contributed by atoms with van der Waals surface area (Å²) in [5, 5.41) is 0.997. The van der Waals surface area contributed by atoms with E-state index in [-0.39, 0.29) is 18.0 Å². The maximum Gasteiger partial charge on any atom is 0.255 e. The summed E-state index contributed by atoms with van der Waals surface area (Å²) >= 11 is 0. The first-order chi connectivity index (χ1) is 10.0. The van der Waals surface area contributed by atoms with Gasteiger partial charge in [0.15, 0.2) is 0 Å². The van der Waals surface area contributed by atoms with Crippen LogP contribution in [0.3, 0.4) is 0 Å². The fourth-order valence-electron chi connectivity index (χ4n) is 2.37. The van der Waals surface area contributed by atoms with Crippen molar-refractivity contribution in [2.45, 2.75) is 25.9 Å². The Morgan fingerprint density at radius 1 is 1.29 bits per heavy atom. The SMILES string of the molecule is CN(C)C(=O)CCCn1c(=O)c(CN)cc2ccccc21. The van der Waals surface area contributed by atoms with Crippen molar-refractivity contribution >= 4 is 16.8 Å². The van der Waals surface area contributed by atoms with Gasteiger partial charge >= 0.3 is 0 Å². The minimum absolute atomic E-state index is 0.0616. The van der Waals surface area contributed by atoms with Gasteiger partial charge in [0.05, 0.1) is 5.52 Å². The number of rotatable bonds is 5. The molecular weight excluding hydrogens is 266 g/mol. The molecule has 5 nitrogen and oxygen atoms in total. The van der Waals surface area contributed by atoms with Crippen molar-refractivity contribution in [3.8, 4) is 0 Å². The molecule has 0 aliphatic rings. The predicted molar refractivity (Wildman–Crippen MR) is 84.0 cm³/mol. The van der Waals surface area contributed by atoms with E-state index in [2.05, 4.69) is 0 Å². The van der Waals surface area contributed by atoms with Crippen molar-refractivity contribution in [1.29, 1.82) is 0 Å². The van der Waals surface area contributed by atoms with E-state index in [1.54, 1.807) is 23.6 Å². The first-order valence-corrected chi connectivity index (χ1v) is 7.06. The van der Waals surface area contributed by atoms with Crippen LogP contribution >= 0.6 is 0 Å². The number of pyridine rings is 1. The van der Waals surface area contributed by atoms with Gasteiger partial charge < -0.3 is 15.2 Å². The second-order valence-electron chi connectivity index (χ2n) is 5.28. The van der Waals surface area contributed by atoms with Crippen LogP contribution in [-0.2, 0) is 17.9 Å². The van der Waals surface area contributed by atoms with Crippen LogP contribution in [0.25, 0.3) is 10.9 Å². The minimum atomic E-state index is -0.0616. The van der Waals surface area contributed by atoms with E-state index in [4.69, 9.17) is 5.73 Å². The molecular formula is C16H21N3O2. The lowest BCUT2D eigenvalue weighted by Gasteiger charge is -2.13. The second kappa shape index (κ2) is 6.54. The molecule has 2 rings (SSSR count). The van der Waals surface area contributed by atoms with Crippen molar-refractivity contribution in [3.05, 3.63) is 46.2 Å². The van der Waals surface area contributed by atoms with Crippen molar-refractivity contribution in [2.24, 2.45) is 5.73 Å². The smallest absolute Gasteiger partial charge is 0.255 e. The Hall–Kier alpha value is -2.14. The molecule has 0 saturated carbocycles. The summed E-state index contributed by atoms with van der Waals surface area (Å²) < 4.78 is 1.72. The molecule has 2 aromatic rings. The fraction of sp³-hybridized carbons (Fsp3) is 0.375. The second-order valence-corrected chi connectivity index (χ2v) is 5.28. The average Bonchev–Trinajstić information content (AvgIpc) is 2.48. The van der Waals surface area contributed by atoms with Crippen LogP contribution in [0, 0.1) is 0 Å². The third kappa shape index (κ3) is 3.31. The Morgan fingerprint density at radius 3 is 2.67 bits per heavy atom. The van der Waals surface area contributed by atoms with E-state index >= 15 is 0 Å². The van der Waals surface area contributed by atoms with Crippen LogP contribution in [0.4, 0.5) is 0 Å². The first-order valence-electron chi connectivity index (χ1n) is 7.06. The van der Waals surface area contributed by atoms with Crippen LogP contribution < -0.4 is 11.3 Å². The third-order valence-corrected chi connectivity index (χ3v) is 3.57. The molecule has 0 aliphatic heterocycles. The van der Waals surface area contributed by atoms with Crippen LogP contribution in [0.15, 0.2) is 35.1 Å². The lowest BCUT2D eigenvalue weighted by Crippen LogP contribution is -2.27. The topological polar surface area (TPSA) is 68.3 Å². The molecule has 0 aliphatic carbocycles. The first kappa shape index (κ1) is 15.3. The van der Waals surface area contributed by atoms with Gasteiger partial charge in [-0.05, 0) is 23.9 Å². The average molecular weight is 287 g/mol. The van der Waals surface area contributed by atoms with Gasteiger partial charge in [0.1, 0.15) is 0 Å². The van der Waals surface area contributed by atoms with E-state index in [1.165, 1.54) is 0 Å². The van der Waals surface area contributed by atoms with E-state index < -0.39 is 0 Å². The highest BCUT2D eigenvalue weighted by Gasteiger charge is 2.09. The van der Waals surface area contributed by atoms with Gasteiger partial charge in [-0.25, -0.2) is 0 Å². The molecule has 21 heavy (non-hydrogen) atoms. The van der Waals surface area contributed by atoms with Crippen molar-refractivity contribution < 1.29 is 4.79 Å². The Bertz CT molecular complexity index is 704. The summed E-state index contributed by atoms with van der Waals surface area (Å²) in [6.45, 7) is 0.743. The highest BCUT2D eigenvalue weighted by Crippen LogP contribution is 2.14. The van der Waals surface area contributed by atoms with Gasteiger partial charge in [-0.2, -0.15) is 0 Å². The lowest BCUT2D eigenvalue weighted by atomic mass is 10.1. The monoisotopic (exact) mass is 287 g/mol. The highest BCUT2D eigenvalue weighted by molar-refractivity contribution is 5.79. The van der Waals surface area contributed by atoms with Gasteiger partial charge in [0.25, 0.3) is 5.56 Å². The summed E-state index contributed by atoms with van der Waals surface area (Å²) in [6.07, 6.45) is 1.07. The van der Waals surface area contributed by atoms with Crippen LogP contribution in [0.5, 0.6) is 0 Å². The Morgan fingerprint density at radius 2 is 2.00 bits per heavy atom. The Balaban J connectivity index is 2.31. The Labute approximate surface area is 124 Å². The van der Waals surface area contributed by atoms with E-state index in [0.717, 1.165) is 10.9 Å². The molecule has 0 radical (unpaired) electrons. The molecule has 0 spiro atoms. The number of para-hydroxylation sites is 1. The van der Waals surface area contributed by atoms with Gasteiger partial charge in [-0.1, -0.05) is 18.2 Å². The summed E-state index contributed by atoms with van der Waals surface area (Å²) in [4.78, 5) is 25.6. The number of carbonyl (C=O) groups excluding carboxylic acids is 1. The zero-order valence-corrected chi connectivity index (χ0v) is 12.5. The fourth-order valence-corrected chi connectivity index (χ4v) is 2.37. The van der Waals surface area contributed by atoms with Crippen molar-refractivity contribution in [1.82, 2.24) is 9.47 Å². The number of aryl methyl sites for hydroxylation is 1. The number of amides is 1. The highest BCUT2D eigenvalue weighted by atomic mass is 16.2. The minimum Gasteiger partial charge on any atom is -0.349 e. The van der Waals surface area contributed by atoms with E-state index in [1.807, 2.05) is 30.3 Å². The number of aromatic nitrogens is 1. The molecule has 1 aromatic heterocycles. The molecule has 0 saturated heterocycles. The molecule has 2 N–H and O–H groups in total. The number of hydrogen-bond acceptors (Lipinski definition) is 3. The van der Waals surface area contributed by atoms with Crippen LogP contribution in [0.1, 0.15) is 18.4 Å². The zero-order valence-electron chi connectivity index (χ0n) is 12.5. The molecule has 1 amide bonds. The number of nitrogens with two attached hydrogens (primary N) is 1. The lowest BCUT2D eigenvalue weighted by molar-refractivity contribution is -0.128. The third-order valence-electron chi connectivity index (χ3n) is 3.57. The number of nitrogens with zero attached hydrogens (tertiary/aromatic N) is 2. The number of benzene rings is 1. The van der Waals surface area contributed by atoms with Gasteiger partial charge in [0.2, 0.25) is 5.91 Å². The summed E-state index contributed by atoms with van der Waals surface area (Å²) in [5.41, 5.74) is 7.08. The summed E-state index contributed by atoms with van der Waals surface area (Å²) in [6, 6.07) is 9.58. The van der Waals surface area contributed by atoms with Gasteiger partial charge in [0, 0.05) is 39.2 Å². The standard InChI is InChI=1S/C16H21N3O2/c1-18(2)15(20)8-5-9-19-14-7-4-3-6-12(14)10-13(11-17)16(19)21/h3-4,6-7,10H,5,8-9,11,17H2,1-2H3. The molecule has 0 unspecified atom stereocenters. The molecule has 0 bridgehead atoms.